The van der Waals surface area contributed by atoms with E-state index in [2.05, 4.69) is 38.4 Å². The fraction of sp³-hybridized carbons (Fsp3) is 0.388. The molecule has 0 bridgehead atoms. The van der Waals surface area contributed by atoms with Crippen LogP contribution in [0.4, 0.5) is 14.4 Å². The fourth-order valence-corrected chi connectivity index (χ4v) is 9.29. The number of ether oxygens (including phenoxy) is 4. The van der Waals surface area contributed by atoms with Gasteiger partial charge < -0.3 is 64.8 Å². The van der Waals surface area contributed by atoms with Gasteiger partial charge in [0, 0.05) is 25.8 Å². The number of rotatable bonds is 10. The number of aromatic amines is 1. The molecule has 6 heterocycles. The average molecular weight is 929 g/mol. The highest BCUT2D eigenvalue weighted by Crippen LogP contribution is 2.39. The zero-order valence-electron chi connectivity index (χ0n) is 38.9. The Kier molecular flexibility index (Phi) is 12.6. The van der Waals surface area contributed by atoms with Gasteiger partial charge in [-0.25, -0.2) is 19.4 Å². The molecule has 1 aromatic heterocycles. The maximum Gasteiger partial charge on any atom is 0.407 e. The number of alkyl carbamates (subject to hydrolysis) is 2. The lowest BCUT2D eigenvalue weighted by Crippen LogP contribution is -2.52. The van der Waals surface area contributed by atoms with E-state index < -0.39 is 30.3 Å². The van der Waals surface area contributed by atoms with Gasteiger partial charge in [0.1, 0.15) is 29.8 Å². The second-order valence-electron chi connectivity index (χ2n) is 18.1. The van der Waals surface area contributed by atoms with Crippen LogP contribution < -0.4 is 30.7 Å². The fourth-order valence-electron chi connectivity index (χ4n) is 9.29. The van der Waals surface area contributed by atoms with Gasteiger partial charge in [-0.15, -0.1) is 0 Å². The van der Waals surface area contributed by atoms with Crippen LogP contribution >= 0.6 is 0 Å². The Bertz CT molecular complexity index is 2650. The van der Waals surface area contributed by atoms with E-state index in [0.717, 1.165) is 62.7 Å². The van der Waals surface area contributed by atoms with Crippen LogP contribution in [0.25, 0.3) is 28.1 Å². The normalized spacial score (nSPS) is 19.1. The first-order valence-electron chi connectivity index (χ1n) is 22.8. The lowest BCUT2D eigenvalue weighted by molar-refractivity contribution is -0.136. The largest absolute Gasteiger partial charge is 0.454 e. The van der Waals surface area contributed by atoms with Crippen molar-refractivity contribution in [3.05, 3.63) is 107 Å². The van der Waals surface area contributed by atoms with Crippen LogP contribution in [0.5, 0.6) is 11.5 Å². The maximum atomic E-state index is 14.3. The van der Waals surface area contributed by atoms with Crippen LogP contribution in [0, 0.1) is 11.8 Å². The third-order valence-corrected chi connectivity index (χ3v) is 13.0. The van der Waals surface area contributed by atoms with Crippen molar-refractivity contribution in [1.82, 2.24) is 50.8 Å². The van der Waals surface area contributed by atoms with Gasteiger partial charge in [0.25, 0.3) is 0 Å². The van der Waals surface area contributed by atoms with Gasteiger partial charge in [0.15, 0.2) is 11.5 Å². The summed E-state index contributed by atoms with van der Waals surface area (Å²) in [6, 6.07) is 17.6. The molecular weight excluding hydrogens is 873 g/mol. The quantitative estimate of drug-likeness (QED) is 0.128. The van der Waals surface area contributed by atoms with E-state index in [0.29, 0.717) is 43.4 Å². The number of fused-ring (bicyclic) bond motifs is 2. The minimum Gasteiger partial charge on any atom is -0.454 e. The second kappa shape index (κ2) is 18.9. The summed E-state index contributed by atoms with van der Waals surface area (Å²) in [5, 5.41) is 12.2. The molecule has 0 saturated carbocycles. The van der Waals surface area contributed by atoms with E-state index in [-0.39, 0.29) is 49.7 Å². The van der Waals surface area contributed by atoms with Gasteiger partial charge in [0.2, 0.25) is 18.6 Å². The van der Waals surface area contributed by atoms with E-state index in [9.17, 15) is 24.0 Å². The molecule has 4 aromatic rings. The van der Waals surface area contributed by atoms with E-state index in [4.69, 9.17) is 23.9 Å². The topological polar surface area (TPSA) is 212 Å². The molecule has 1 unspecified atom stereocenters. The molecule has 19 heteroatoms. The van der Waals surface area contributed by atoms with Gasteiger partial charge in [0.05, 0.1) is 50.7 Å². The summed E-state index contributed by atoms with van der Waals surface area (Å²) in [7, 11) is 2.53. The number of aromatic nitrogens is 2. The van der Waals surface area contributed by atoms with Gasteiger partial charge >= 0.3 is 18.2 Å². The summed E-state index contributed by atoms with van der Waals surface area (Å²) in [6.07, 6.45) is 3.76. The molecule has 2 fully saturated rings. The molecule has 68 heavy (non-hydrogen) atoms. The van der Waals surface area contributed by atoms with Crippen LogP contribution in [0.3, 0.4) is 0 Å². The number of hydrogen-bond donors (Lipinski definition) is 5. The molecular formula is C49H56N10O9. The maximum absolute atomic E-state index is 14.3. The Morgan fingerprint density at radius 3 is 1.93 bits per heavy atom. The van der Waals surface area contributed by atoms with E-state index in [1.54, 1.807) is 25.8 Å². The number of amides is 6. The number of imidazole rings is 1. The molecule has 6 amide bonds. The predicted octanol–water partition coefficient (Wildman–Crippen LogP) is 5.79. The molecule has 5 N–H and O–H groups in total. The number of nitrogens with one attached hydrogen (secondary N) is 5. The Hall–Kier alpha value is -7.70. The number of nitrogens with zero attached hydrogens (tertiary/aromatic N) is 5. The van der Waals surface area contributed by atoms with Crippen molar-refractivity contribution in [1.29, 1.82) is 0 Å². The number of methoxy groups -OCH3 is 2. The molecule has 19 nitrogen and oxygen atoms in total. The zero-order valence-corrected chi connectivity index (χ0v) is 38.9. The number of carbonyl (C=O) groups excluding carboxylic acids is 5. The van der Waals surface area contributed by atoms with Gasteiger partial charge in [-0.3, -0.25) is 9.59 Å². The summed E-state index contributed by atoms with van der Waals surface area (Å²) in [5.74, 6) is 1.62. The van der Waals surface area contributed by atoms with Crippen LogP contribution in [0.1, 0.15) is 69.1 Å². The van der Waals surface area contributed by atoms with Crippen molar-refractivity contribution in [2.75, 3.05) is 40.8 Å². The number of benzene rings is 3. The highest BCUT2D eigenvalue weighted by Gasteiger charge is 2.44. The average Bonchev–Trinajstić information content (AvgIpc) is 4.21. The number of urea groups is 1. The van der Waals surface area contributed by atoms with E-state index >= 15 is 0 Å². The molecule has 3 atom stereocenters. The van der Waals surface area contributed by atoms with Crippen LogP contribution in [0.15, 0.2) is 84.6 Å². The number of carbonyl (C=O) groups is 5. The monoisotopic (exact) mass is 928 g/mol. The summed E-state index contributed by atoms with van der Waals surface area (Å²) in [4.78, 5) is 81.4. The lowest BCUT2D eigenvalue weighted by atomic mass is 10.0. The van der Waals surface area contributed by atoms with Crippen LogP contribution in [-0.2, 0) is 32.2 Å². The van der Waals surface area contributed by atoms with Crippen molar-refractivity contribution in [3.63, 3.8) is 0 Å². The minimum atomic E-state index is -0.908. The van der Waals surface area contributed by atoms with Crippen molar-refractivity contribution in [2.24, 2.45) is 11.8 Å². The van der Waals surface area contributed by atoms with Crippen LogP contribution in [-0.4, -0.2) is 112 Å². The predicted molar refractivity (Wildman–Crippen MR) is 248 cm³/mol. The Morgan fingerprint density at radius 2 is 1.34 bits per heavy atom. The highest BCUT2D eigenvalue weighted by atomic mass is 16.7. The Balaban J connectivity index is 0.879. The molecule has 0 aliphatic carbocycles. The summed E-state index contributed by atoms with van der Waals surface area (Å²) >= 11 is 0. The molecule has 2 saturated heterocycles. The Labute approximate surface area is 393 Å². The molecule has 5 aliphatic rings. The Morgan fingerprint density at radius 1 is 0.765 bits per heavy atom. The van der Waals surface area contributed by atoms with Crippen molar-refractivity contribution < 1.29 is 42.9 Å². The molecule has 3 aromatic carbocycles. The molecule has 0 radical (unpaired) electrons. The summed E-state index contributed by atoms with van der Waals surface area (Å²) < 4.78 is 20.7. The van der Waals surface area contributed by atoms with E-state index in [1.165, 1.54) is 14.2 Å². The second-order valence-corrected chi connectivity index (χ2v) is 18.1. The lowest BCUT2D eigenvalue weighted by Gasteiger charge is -2.29. The third-order valence-electron chi connectivity index (χ3n) is 13.0. The molecule has 5 aliphatic heterocycles. The third kappa shape index (κ3) is 8.94. The number of likely N-dealkylation sites (tertiary alicyclic amines) is 1. The standard InChI is InChI=1S/C49H56N10O9/c1-27(2)41(54-47(62)65-5)45(60)58-17-7-8-37(58)43-50-20-35(52-43)31-13-9-29(10-14-31)30-11-15-32(16-12-30)36-21-51-44(53-36)38-24-57(25-59(38)46(61)42(28(3)4)55-48(63)66-6)49(64)56-22-33-18-39-40(68-26-67-39)19-34(33)23-56/h9-16,18-21,27-28,38,41-42,50,52H,7-8,17,22-26H2,1-6H3,(H,51,53)(H,54,62)(H,55,63)/b43-37+/t38?,41-,42-/m0/s1. The molecule has 0 spiro atoms. The van der Waals surface area contributed by atoms with E-state index in [1.807, 2.05) is 82.4 Å². The van der Waals surface area contributed by atoms with Gasteiger partial charge in [-0.2, -0.15) is 0 Å². The number of H-pyrrole nitrogens is 1. The summed E-state index contributed by atoms with van der Waals surface area (Å²) in [5.41, 5.74) is 8.25. The van der Waals surface area contributed by atoms with Gasteiger partial charge in [-0.05, 0) is 70.2 Å². The smallest absolute Gasteiger partial charge is 0.407 e. The number of allylic oxidation sites excluding steroid dienone is 1. The first-order valence-corrected chi connectivity index (χ1v) is 22.8. The molecule has 356 valence electrons. The summed E-state index contributed by atoms with van der Waals surface area (Å²) in [6.45, 7) is 9.13. The van der Waals surface area contributed by atoms with Crippen LogP contribution in [0.2, 0.25) is 0 Å². The highest BCUT2D eigenvalue weighted by molar-refractivity contribution is 5.88. The molecule has 9 rings (SSSR count). The number of hydrogen-bond acceptors (Lipinski definition) is 12. The SMILES string of the molecule is COC(=O)N[C@H](C(=O)N1CCC/C1=C1/NC=C(c2ccc(-c3ccc(-c4cnc(C5CN(C(=O)N6Cc7cc8c(cc7C6)OCO8)CN5C(=O)[C@@H](NC(=O)OC)C(C)C)[nH]4)cc3)cc2)N1)C(C)C. The minimum absolute atomic E-state index is 0.00758. The first-order chi connectivity index (χ1) is 32.8. The first kappa shape index (κ1) is 45.5. The van der Waals surface area contributed by atoms with Gasteiger partial charge in [-0.1, -0.05) is 76.2 Å². The van der Waals surface area contributed by atoms with Crippen molar-refractivity contribution in [3.8, 4) is 33.9 Å². The van der Waals surface area contributed by atoms with Crippen molar-refractivity contribution in [2.45, 2.75) is 71.8 Å². The zero-order chi connectivity index (χ0) is 47.8. The van der Waals surface area contributed by atoms with Crippen molar-refractivity contribution >= 4 is 35.7 Å².